The first-order valence-electron chi connectivity index (χ1n) is 17.7. The maximum atomic E-state index is 7.85. The monoisotopic (exact) mass is 638 g/mol. The predicted molar refractivity (Wildman–Crippen MR) is 196 cm³/mol. The lowest BCUT2D eigenvalue weighted by molar-refractivity contribution is -0.122. The maximum Gasteiger partial charge on any atom is 0.124 e. The Bertz CT molecular complexity index is 1830. The van der Waals surface area contributed by atoms with Gasteiger partial charge in [0.05, 0.1) is 10.8 Å². The van der Waals surface area contributed by atoms with E-state index in [0.29, 0.717) is 0 Å². The van der Waals surface area contributed by atoms with Crippen LogP contribution in [0.15, 0.2) is 182 Å². The maximum absolute atomic E-state index is 7.85. The fourth-order valence-corrected chi connectivity index (χ4v) is 9.71. The van der Waals surface area contributed by atoms with E-state index in [9.17, 15) is 0 Å². The SMILES string of the molecule is c1ccc(CN2[C@H](c3ccccc3)C[C@]3(c4ccccc4)[C@H]2O[C@H]2N(Cc4ccccc4)[C@H](c4ccccc4)C[C@]23c2ccccc2)cc1. The number of nitrogens with zero attached hydrogens (tertiary/aromatic N) is 2. The van der Waals surface area contributed by atoms with Crippen molar-refractivity contribution in [2.75, 3.05) is 0 Å². The first-order valence-corrected chi connectivity index (χ1v) is 17.7. The van der Waals surface area contributed by atoms with E-state index in [2.05, 4.69) is 192 Å². The fourth-order valence-electron chi connectivity index (χ4n) is 9.71. The van der Waals surface area contributed by atoms with E-state index in [-0.39, 0.29) is 35.4 Å². The van der Waals surface area contributed by atoms with E-state index in [4.69, 9.17) is 4.74 Å². The molecule has 3 saturated heterocycles. The van der Waals surface area contributed by atoms with Crippen molar-refractivity contribution in [2.45, 2.75) is 61.3 Å². The van der Waals surface area contributed by atoms with Crippen LogP contribution in [0, 0.1) is 0 Å². The van der Waals surface area contributed by atoms with Gasteiger partial charge in [-0.15, -0.1) is 0 Å². The Morgan fingerprint density at radius 3 is 1.06 bits per heavy atom. The van der Waals surface area contributed by atoms with E-state index >= 15 is 0 Å². The highest BCUT2D eigenvalue weighted by molar-refractivity contribution is 5.49. The first kappa shape index (κ1) is 30.3. The van der Waals surface area contributed by atoms with Crippen molar-refractivity contribution < 1.29 is 4.74 Å². The first-order chi connectivity index (χ1) is 24.3. The van der Waals surface area contributed by atoms with Gasteiger partial charge < -0.3 is 4.74 Å². The molecular weight excluding hydrogens is 597 g/mol. The summed E-state index contributed by atoms with van der Waals surface area (Å²) >= 11 is 0. The molecule has 242 valence electrons. The highest BCUT2D eigenvalue weighted by Crippen LogP contribution is 2.71. The molecule has 0 saturated carbocycles. The fraction of sp³-hybridized carbons (Fsp3) is 0.217. The van der Waals surface area contributed by atoms with Crippen molar-refractivity contribution in [3.63, 3.8) is 0 Å². The summed E-state index contributed by atoms with van der Waals surface area (Å²) in [6.45, 7) is 1.63. The molecule has 0 aromatic heterocycles. The number of rotatable bonds is 8. The Labute approximate surface area is 290 Å². The lowest BCUT2D eigenvalue weighted by Crippen LogP contribution is -2.52. The average Bonchev–Trinajstić information content (AvgIpc) is 3.78. The van der Waals surface area contributed by atoms with Gasteiger partial charge in [0.15, 0.2) is 0 Å². The number of hydrogen-bond acceptors (Lipinski definition) is 3. The molecule has 0 spiro atoms. The molecule has 6 aromatic rings. The van der Waals surface area contributed by atoms with Gasteiger partial charge in [-0.25, -0.2) is 0 Å². The molecule has 3 aliphatic heterocycles. The molecule has 0 radical (unpaired) electrons. The van der Waals surface area contributed by atoms with Crippen LogP contribution >= 0.6 is 0 Å². The molecule has 3 aliphatic rings. The van der Waals surface area contributed by atoms with Gasteiger partial charge in [-0.2, -0.15) is 0 Å². The van der Waals surface area contributed by atoms with Crippen molar-refractivity contribution in [1.82, 2.24) is 9.80 Å². The van der Waals surface area contributed by atoms with Crippen LogP contribution in [-0.4, -0.2) is 22.3 Å². The predicted octanol–water partition coefficient (Wildman–Crippen LogP) is 9.84. The number of hydrogen-bond donors (Lipinski definition) is 0. The average molecular weight is 639 g/mol. The number of benzene rings is 6. The van der Waals surface area contributed by atoms with Crippen LogP contribution in [0.2, 0.25) is 0 Å². The molecule has 0 amide bonds. The van der Waals surface area contributed by atoms with Gasteiger partial charge in [-0.1, -0.05) is 182 Å². The van der Waals surface area contributed by atoms with Crippen LogP contribution in [0.25, 0.3) is 0 Å². The zero-order valence-electron chi connectivity index (χ0n) is 27.8. The topological polar surface area (TPSA) is 15.7 Å². The molecule has 0 unspecified atom stereocenters. The van der Waals surface area contributed by atoms with Crippen molar-refractivity contribution >= 4 is 0 Å². The molecule has 3 heterocycles. The number of likely N-dealkylation sites (tertiary alicyclic amines) is 2. The molecular formula is C46H42N2O. The van der Waals surface area contributed by atoms with Crippen LogP contribution in [0.3, 0.4) is 0 Å². The van der Waals surface area contributed by atoms with Crippen molar-refractivity contribution in [1.29, 1.82) is 0 Å². The van der Waals surface area contributed by atoms with Crippen LogP contribution in [0.1, 0.15) is 58.3 Å². The molecule has 3 nitrogen and oxygen atoms in total. The minimum absolute atomic E-state index is 0.138. The van der Waals surface area contributed by atoms with Crippen molar-refractivity contribution in [3.8, 4) is 0 Å². The Morgan fingerprint density at radius 1 is 0.408 bits per heavy atom. The Kier molecular flexibility index (Phi) is 7.77. The van der Waals surface area contributed by atoms with Crippen molar-refractivity contribution in [2.24, 2.45) is 0 Å². The van der Waals surface area contributed by atoms with E-state index in [1.165, 1.54) is 33.4 Å². The minimum Gasteiger partial charge on any atom is -0.343 e. The zero-order chi connectivity index (χ0) is 32.7. The van der Waals surface area contributed by atoms with Crippen molar-refractivity contribution in [3.05, 3.63) is 215 Å². The van der Waals surface area contributed by atoms with Gasteiger partial charge in [0, 0.05) is 25.2 Å². The second-order valence-electron chi connectivity index (χ2n) is 14.1. The third kappa shape index (κ3) is 4.91. The molecule has 3 heteroatoms. The molecule has 6 aromatic carbocycles. The molecule has 9 rings (SSSR count). The second kappa shape index (κ2) is 12.6. The minimum atomic E-state index is -0.325. The van der Waals surface area contributed by atoms with E-state index < -0.39 is 0 Å². The summed E-state index contributed by atoms with van der Waals surface area (Å²) in [5, 5.41) is 0. The number of ether oxygens (including phenoxy) is 1. The summed E-state index contributed by atoms with van der Waals surface area (Å²) in [6, 6.07) is 67.4. The second-order valence-corrected chi connectivity index (χ2v) is 14.1. The molecule has 49 heavy (non-hydrogen) atoms. The van der Waals surface area contributed by atoms with Gasteiger partial charge >= 0.3 is 0 Å². The number of fused-ring (bicyclic) bond motifs is 3. The van der Waals surface area contributed by atoms with Gasteiger partial charge in [-0.3, -0.25) is 9.80 Å². The van der Waals surface area contributed by atoms with Crippen LogP contribution < -0.4 is 0 Å². The largest absolute Gasteiger partial charge is 0.343 e. The lowest BCUT2D eigenvalue weighted by atomic mass is 9.54. The highest BCUT2D eigenvalue weighted by atomic mass is 16.5. The summed E-state index contributed by atoms with van der Waals surface area (Å²) < 4.78 is 7.85. The van der Waals surface area contributed by atoms with E-state index in [0.717, 1.165) is 25.9 Å². The van der Waals surface area contributed by atoms with Crippen LogP contribution in [0.5, 0.6) is 0 Å². The van der Waals surface area contributed by atoms with Crippen LogP contribution in [-0.2, 0) is 28.7 Å². The summed E-state index contributed by atoms with van der Waals surface area (Å²) in [7, 11) is 0. The summed E-state index contributed by atoms with van der Waals surface area (Å²) in [5.41, 5.74) is 7.42. The molecule has 6 atom stereocenters. The third-order valence-corrected chi connectivity index (χ3v) is 11.7. The molecule has 0 bridgehead atoms. The summed E-state index contributed by atoms with van der Waals surface area (Å²) in [6.07, 6.45) is 1.65. The van der Waals surface area contributed by atoms with Gasteiger partial charge in [0.1, 0.15) is 12.5 Å². The molecule has 0 aliphatic carbocycles. The highest BCUT2D eigenvalue weighted by Gasteiger charge is 2.76. The Balaban J connectivity index is 1.30. The summed E-state index contributed by atoms with van der Waals surface area (Å²) in [4.78, 5) is 5.39. The smallest absolute Gasteiger partial charge is 0.124 e. The van der Waals surface area contributed by atoms with E-state index in [1.54, 1.807) is 0 Å². The quantitative estimate of drug-likeness (QED) is 0.165. The zero-order valence-corrected chi connectivity index (χ0v) is 27.8. The van der Waals surface area contributed by atoms with Crippen LogP contribution in [0.4, 0.5) is 0 Å². The van der Waals surface area contributed by atoms with Gasteiger partial charge in [-0.05, 0) is 46.2 Å². The Morgan fingerprint density at radius 2 is 0.714 bits per heavy atom. The normalized spacial score (nSPS) is 27.9. The Hall–Kier alpha value is -4.80. The van der Waals surface area contributed by atoms with Gasteiger partial charge in [0.25, 0.3) is 0 Å². The lowest BCUT2D eigenvalue weighted by Gasteiger charge is -2.45. The van der Waals surface area contributed by atoms with Gasteiger partial charge in [0.2, 0.25) is 0 Å². The standard InChI is InChI=1S/C46H42N2O/c1-7-19-35(20-8-1)33-47-41(37-23-11-3-12-24-37)31-45(39-27-15-5-16-28-39)43(47)49-44-46(45,40-29-17-6-18-30-40)32-42(38-25-13-4-14-26-38)48(44)34-36-21-9-2-10-22-36/h1-30,41-44H,31-34H2/t41-,42-,43+,44+,45-,46-/m0/s1. The summed E-state index contributed by atoms with van der Waals surface area (Å²) in [5.74, 6) is 0. The molecule has 0 N–H and O–H groups in total. The van der Waals surface area contributed by atoms with E-state index in [1.807, 2.05) is 0 Å². The molecule has 3 fully saturated rings. The third-order valence-electron chi connectivity index (χ3n) is 11.7.